The second-order valence-electron chi connectivity index (χ2n) is 6.22. The Labute approximate surface area is 170 Å². The van der Waals surface area contributed by atoms with Crippen molar-refractivity contribution in [1.82, 2.24) is 10.6 Å². The van der Waals surface area contributed by atoms with Crippen molar-refractivity contribution < 1.29 is 23.4 Å². The zero-order chi connectivity index (χ0) is 18.9. The predicted octanol–water partition coefficient (Wildman–Crippen LogP) is 2.99. The molecule has 3 N–H and O–H groups in total. The molecule has 0 aliphatic rings. The molecule has 0 heterocycles. The second kappa shape index (κ2) is 12.1. The molecule has 0 aliphatic heterocycles. The fourth-order valence-corrected chi connectivity index (χ4v) is 1.90. The van der Waals surface area contributed by atoms with Gasteiger partial charge in [0.2, 0.25) is 0 Å². The fraction of sp³-hybridized carbons (Fsp3) is 0.588. The van der Waals surface area contributed by atoms with Gasteiger partial charge in [0.1, 0.15) is 11.5 Å². The highest BCUT2D eigenvalue weighted by Gasteiger charge is 2.17. The Kier molecular flexibility index (Phi) is 11.5. The van der Waals surface area contributed by atoms with Crippen LogP contribution in [0, 0.1) is 5.41 Å². The third kappa shape index (κ3) is 8.84. The molecule has 0 aromatic heterocycles. The molecule has 0 atom stereocenters. The first-order chi connectivity index (χ1) is 11.8. The van der Waals surface area contributed by atoms with Crippen molar-refractivity contribution in [2.45, 2.75) is 33.9 Å². The lowest BCUT2D eigenvalue weighted by Crippen LogP contribution is -2.43. The van der Waals surface area contributed by atoms with Gasteiger partial charge in [-0.25, -0.2) is 4.99 Å². The molecule has 150 valence electrons. The Morgan fingerprint density at radius 1 is 1.31 bits per heavy atom. The molecule has 0 unspecified atom stereocenters. The zero-order valence-corrected chi connectivity index (χ0v) is 17.8. The summed E-state index contributed by atoms with van der Waals surface area (Å²) in [7, 11) is 1.50. The largest absolute Gasteiger partial charge is 0.497 e. The molecule has 1 rings (SSSR count). The molecule has 0 saturated carbocycles. The number of alkyl halides is 2. The van der Waals surface area contributed by atoms with Gasteiger partial charge in [-0.3, -0.25) is 0 Å². The number of aliphatic imine (C=N–C) groups is 1. The summed E-state index contributed by atoms with van der Waals surface area (Å²) in [5.41, 5.74) is 0.175. The van der Waals surface area contributed by atoms with E-state index in [9.17, 15) is 13.9 Å². The van der Waals surface area contributed by atoms with Crippen molar-refractivity contribution in [1.29, 1.82) is 0 Å². The maximum Gasteiger partial charge on any atom is 0.387 e. The molecular weight excluding hydrogens is 459 g/mol. The summed E-state index contributed by atoms with van der Waals surface area (Å²) in [5.74, 6) is 1.12. The number of nitrogens with zero attached hydrogens (tertiary/aromatic N) is 1. The topological polar surface area (TPSA) is 75.1 Å². The number of hydrogen-bond donors (Lipinski definition) is 3. The molecule has 1 aromatic carbocycles. The summed E-state index contributed by atoms with van der Waals surface area (Å²) in [4.78, 5) is 4.40. The van der Waals surface area contributed by atoms with Crippen LogP contribution in [0.5, 0.6) is 11.5 Å². The number of rotatable bonds is 9. The quantitative estimate of drug-likeness (QED) is 0.284. The van der Waals surface area contributed by atoms with Crippen LogP contribution in [-0.4, -0.2) is 44.5 Å². The molecule has 0 bridgehead atoms. The Balaban J connectivity index is 0.00000625. The summed E-state index contributed by atoms with van der Waals surface area (Å²) in [6, 6.07) is 4.60. The van der Waals surface area contributed by atoms with Gasteiger partial charge in [0.05, 0.1) is 13.7 Å². The fourth-order valence-electron chi connectivity index (χ4n) is 1.90. The van der Waals surface area contributed by atoms with Crippen LogP contribution in [0.25, 0.3) is 0 Å². The van der Waals surface area contributed by atoms with E-state index in [0.29, 0.717) is 30.4 Å². The minimum Gasteiger partial charge on any atom is -0.497 e. The Hall–Kier alpha value is -1.36. The number of benzene rings is 1. The normalized spacial score (nSPS) is 11.8. The van der Waals surface area contributed by atoms with E-state index < -0.39 is 6.61 Å². The van der Waals surface area contributed by atoms with Gasteiger partial charge in [0, 0.05) is 30.7 Å². The van der Waals surface area contributed by atoms with Crippen LogP contribution in [0.2, 0.25) is 0 Å². The standard InChI is InChI=1S/C17H27F2N3O3.HI/c1-5-20-16(22-10-17(2,3)11-23)21-9-12-8-13(24-4)6-7-14(12)25-15(18)19;/h6-8,15,23H,5,9-11H2,1-4H3,(H2,20,21,22);1H. The van der Waals surface area contributed by atoms with Gasteiger partial charge < -0.3 is 25.2 Å². The average molecular weight is 487 g/mol. The maximum atomic E-state index is 12.6. The molecule has 0 fully saturated rings. The first-order valence-electron chi connectivity index (χ1n) is 8.06. The van der Waals surface area contributed by atoms with E-state index in [4.69, 9.17) is 4.74 Å². The smallest absolute Gasteiger partial charge is 0.387 e. The Morgan fingerprint density at radius 2 is 2.00 bits per heavy atom. The number of aliphatic hydroxyl groups is 1. The highest BCUT2D eigenvalue weighted by Crippen LogP contribution is 2.26. The van der Waals surface area contributed by atoms with Crippen LogP contribution in [0.3, 0.4) is 0 Å². The second-order valence-corrected chi connectivity index (χ2v) is 6.22. The van der Waals surface area contributed by atoms with Crippen molar-refractivity contribution in [3.05, 3.63) is 23.8 Å². The van der Waals surface area contributed by atoms with Gasteiger partial charge in [0.25, 0.3) is 0 Å². The van der Waals surface area contributed by atoms with Crippen LogP contribution in [-0.2, 0) is 6.54 Å². The molecule has 26 heavy (non-hydrogen) atoms. The lowest BCUT2D eigenvalue weighted by atomic mass is 9.95. The summed E-state index contributed by atoms with van der Waals surface area (Å²) >= 11 is 0. The van der Waals surface area contributed by atoms with Gasteiger partial charge in [-0.05, 0) is 25.1 Å². The third-order valence-corrected chi connectivity index (χ3v) is 3.40. The van der Waals surface area contributed by atoms with E-state index in [-0.39, 0.29) is 48.3 Å². The number of nitrogens with one attached hydrogen (secondary N) is 2. The molecule has 0 radical (unpaired) electrons. The summed E-state index contributed by atoms with van der Waals surface area (Å²) in [6.07, 6.45) is 0. The average Bonchev–Trinajstić information content (AvgIpc) is 2.58. The molecule has 0 saturated heterocycles. The van der Waals surface area contributed by atoms with Crippen molar-refractivity contribution in [3.63, 3.8) is 0 Å². The van der Waals surface area contributed by atoms with Crippen LogP contribution in [0.4, 0.5) is 8.78 Å². The highest BCUT2D eigenvalue weighted by atomic mass is 127. The van der Waals surface area contributed by atoms with E-state index >= 15 is 0 Å². The van der Waals surface area contributed by atoms with E-state index in [2.05, 4.69) is 20.4 Å². The Morgan fingerprint density at radius 3 is 2.54 bits per heavy atom. The van der Waals surface area contributed by atoms with Gasteiger partial charge in [0.15, 0.2) is 5.96 Å². The number of ether oxygens (including phenoxy) is 2. The van der Waals surface area contributed by atoms with E-state index in [1.165, 1.54) is 13.2 Å². The highest BCUT2D eigenvalue weighted by molar-refractivity contribution is 14.0. The molecule has 9 heteroatoms. The minimum absolute atomic E-state index is 0. The number of guanidine groups is 1. The first kappa shape index (κ1) is 24.6. The number of halogens is 3. The molecule has 0 aliphatic carbocycles. The lowest BCUT2D eigenvalue weighted by Gasteiger charge is -2.23. The zero-order valence-electron chi connectivity index (χ0n) is 15.5. The van der Waals surface area contributed by atoms with Crippen molar-refractivity contribution >= 4 is 29.9 Å². The van der Waals surface area contributed by atoms with Crippen molar-refractivity contribution in [2.75, 3.05) is 26.8 Å². The van der Waals surface area contributed by atoms with Gasteiger partial charge in [-0.1, -0.05) is 13.8 Å². The van der Waals surface area contributed by atoms with Gasteiger partial charge >= 0.3 is 6.61 Å². The summed E-state index contributed by atoms with van der Waals surface area (Å²) < 4.78 is 34.8. The first-order valence-corrected chi connectivity index (χ1v) is 8.06. The van der Waals surface area contributed by atoms with Crippen molar-refractivity contribution in [3.8, 4) is 11.5 Å². The van der Waals surface area contributed by atoms with E-state index in [0.717, 1.165) is 0 Å². The SMILES string of the molecule is CCNC(=NCc1cc(OC)ccc1OC(F)F)NCC(C)(C)CO.I. The molecule has 0 spiro atoms. The molecule has 1 aromatic rings. The lowest BCUT2D eigenvalue weighted by molar-refractivity contribution is -0.0504. The maximum absolute atomic E-state index is 12.6. The predicted molar refractivity (Wildman–Crippen MR) is 109 cm³/mol. The van der Waals surface area contributed by atoms with Crippen LogP contribution >= 0.6 is 24.0 Å². The summed E-state index contributed by atoms with van der Waals surface area (Å²) in [6.45, 7) is 4.16. The number of hydrogen-bond acceptors (Lipinski definition) is 4. The van der Waals surface area contributed by atoms with Crippen molar-refractivity contribution in [2.24, 2.45) is 10.4 Å². The molecule has 0 amide bonds. The van der Waals surface area contributed by atoms with Crippen LogP contribution < -0.4 is 20.1 Å². The van der Waals surface area contributed by atoms with E-state index in [1.807, 2.05) is 20.8 Å². The van der Waals surface area contributed by atoms with Gasteiger partial charge in [-0.2, -0.15) is 8.78 Å². The molecular formula is C17H28F2IN3O3. The van der Waals surface area contributed by atoms with Crippen LogP contribution in [0.15, 0.2) is 23.2 Å². The summed E-state index contributed by atoms with van der Waals surface area (Å²) in [5, 5.41) is 15.5. The number of aliphatic hydroxyl groups excluding tert-OH is 1. The van der Waals surface area contributed by atoms with Crippen LogP contribution in [0.1, 0.15) is 26.3 Å². The van der Waals surface area contributed by atoms with Gasteiger partial charge in [-0.15, -0.1) is 24.0 Å². The monoisotopic (exact) mass is 487 g/mol. The number of methoxy groups -OCH3 is 1. The van der Waals surface area contributed by atoms with E-state index in [1.54, 1.807) is 12.1 Å². The minimum atomic E-state index is -2.91. The third-order valence-electron chi connectivity index (χ3n) is 3.40. The molecule has 6 nitrogen and oxygen atoms in total. The Bertz CT molecular complexity index is 572.